The van der Waals surface area contributed by atoms with E-state index >= 15 is 0 Å². The molecular formula is C21H34N2. The van der Waals surface area contributed by atoms with E-state index in [1.807, 2.05) is 0 Å². The van der Waals surface area contributed by atoms with Gasteiger partial charge < -0.3 is 4.90 Å². The van der Waals surface area contributed by atoms with E-state index < -0.39 is 0 Å². The Balaban J connectivity index is 1.42. The van der Waals surface area contributed by atoms with Crippen LogP contribution in [0.1, 0.15) is 63.9 Å². The summed E-state index contributed by atoms with van der Waals surface area (Å²) >= 11 is 0. The molecule has 23 heavy (non-hydrogen) atoms. The van der Waals surface area contributed by atoms with Gasteiger partial charge in [-0.05, 0) is 42.5 Å². The lowest BCUT2D eigenvalue weighted by Crippen LogP contribution is -2.46. The molecular weight excluding hydrogens is 280 g/mol. The fourth-order valence-electron chi connectivity index (χ4n) is 4.14. The van der Waals surface area contributed by atoms with Crippen molar-refractivity contribution in [1.29, 1.82) is 0 Å². The van der Waals surface area contributed by atoms with Crippen LogP contribution in [-0.4, -0.2) is 37.6 Å². The molecule has 1 aromatic carbocycles. The molecule has 1 saturated carbocycles. The third-order valence-electron chi connectivity index (χ3n) is 5.88. The van der Waals surface area contributed by atoms with Crippen molar-refractivity contribution in [2.45, 2.75) is 58.3 Å². The van der Waals surface area contributed by atoms with Gasteiger partial charge in [0.15, 0.2) is 0 Å². The van der Waals surface area contributed by atoms with Crippen LogP contribution in [0.4, 0.5) is 5.69 Å². The van der Waals surface area contributed by atoms with E-state index in [0.717, 1.165) is 5.92 Å². The first-order valence-electron chi connectivity index (χ1n) is 9.79. The molecule has 2 nitrogen and oxygen atoms in total. The number of rotatable bonds is 5. The second-order valence-corrected chi connectivity index (χ2v) is 7.87. The maximum Gasteiger partial charge on any atom is 0.0367 e. The Morgan fingerprint density at radius 3 is 2.17 bits per heavy atom. The van der Waals surface area contributed by atoms with Crippen LogP contribution in [-0.2, 0) is 0 Å². The van der Waals surface area contributed by atoms with Crippen molar-refractivity contribution in [2.75, 3.05) is 37.6 Å². The van der Waals surface area contributed by atoms with E-state index in [1.54, 1.807) is 0 Å². The normalized spacial score (nSPS) is 21.1. The second kappa shape index (κ2) is 8.19. The first-order chi connectivity index (χ1) is 11.2. The standard InChI is InChI=1S/C21H34N2/c1-18(2)20-8-10-21(11-9-20)23-16-14-22(15-17-23)13-12-19-6-4-3-5-7-19/h8-11,18-19H,3-7,12-17H2,1-2H3. The van der Waals surface area contributed by atoms with Gasteiger partial charge in [-0.3, -0.25) is 4.90 Å². The number of nitrogens with zero attached hydrogens (tertiary/aromatic N) is 2. The van der Waals surface area contributed by atoms with Gasteiger partial charge in [-0.15, -0.1) is 0 Å². The van der Waals surface area contributed by atoms with Gasteiger partial charge in [-0.25, -0.2) is 0 Å². The van der Waals surface area contributed by atoms with Crippen LogP contribution in [0.3, 0.4) is 0 Å². The van der Waals surface area contributed by atoms with Crippen LogP contribution >= 0.6 is 0 Å². The number of benzene rings is 1. The van der Waals surface area contributed by atoms with Crippen molar-refractivity contribution in [1.82, 2.24) is 4.90 Å². The predicted octanol–water partition coefficient (Wildman–Crippen LogP) is 4.90. The Hall–Kier alpha value is -1.02. The lowest BCUT2D eigenvalue weighted by Gasteiger charge is -2.37. The Kier molecular flexibility index (Phi) is 5.99. The highest BCUT2D eigenvalue weighted by molar-refractivity contribution is 5.48. The fraction of sp³-hybridized carbons (Fsp3) is 0.714. The Morgan fingerprint density at radius 2 is 1.57 bits per heavy atom. The van der Waals surface area contributed by atoms with Crippen LogP contribution in [0.25, 0.3) is 0 Å². The first kappa shape index (κ1) is 16.8. The zero-order chi connectivity index (χ0) is 16.1. The van der Waals surface area contributed by atoms with Crippen molar-refractivity contribution in [3.63, 3.8) is 0 Å². The summed E-state index contributed by atoms with van der Waals surface area (Å²) in [4.78, 5) is 5.24. The molecule has 1 aliphatic carbocycles. The largest absolute Gasteiger partial charge is 0.369 e. The molecule has 128 valence electrons. The summed E-state index contributed by atoms with van der Waals surface area (Å²) in [6.07, 6.45) is 8.84. The van der Waals surface area contributed by atoms with E-state index in [0.29, 0.717) is 5.92 Å². The number of anilines is 1. The molecule has 1 saturated heterocycles. The Labute approximate surface area is 142 Å². The highest BCUT2D eigenvalue weighted by Crippen LogP contribution is 2.27. The Bertz CT molecular complexity index is 451. The van der Waals surface area contributed by atoms with Crippen molar-refractivity contribution >= 4 is 5.69 Å². The van der Waals surface area contributed by atoms with Gasteiger partial charge in [0.1, 0.15) is 0 Å². The molecule has 0 aromatic heterocycles. The zero-order valence-corrected chi connectivity index (χ0v) is 15.1. The van der Waals surface area contributed by atoms with E-state index in [1.165, 1.54) is 82.5 Å². The van der Waals surface area contributed by atoms with Gasteiger partial charge in [0.2, 0.25) is 0 Å². The van der Waals surface area contributed by atoms with Crippen molar-refractivity contribution in [3.8, 4) is 0 Å². The molecule has 2 aliphatic rings. The number of piperazine rings is 1. The lowest BCUT2D eigenvalue weighted by atomic mass is 9.87. The van der Waals surface area contributed by atoms with E-state index in [4.69, 9.17) is 0 Å². The van der Waals surface area contributed by atoms with E-state index in [9.17, 15) is 0 Å². The SMILES string of the molecule is CC(C)c1ccc(N2CCN(CCC3CCCCC3)CC2)cc1. The summed E-state index contributed by atoms with van der Waals surface area (Å²) in [5, 5.41) is 0. The highest BCUT2D eigenvalue weighted by atomic mass is 15.3. The number of hydrogen-bond acceptors (Lipinski definition) is 2. The molecule has 0 radical (unpaired) electrons. The molecule has 0 amide bonds. The van der Waals surface area contributed by atoms with Gasteiger partial charge in [-0.2, -0.15) is 0 Å². The van der Waals surface area contributed by atoms with Gasteiger partial charge in [0, 0.05) is 31.9 Å². The summed E-state index contributed by atoms with van der Waals surface area (Å²) in [7, 11) is 0. The molecule has 3 rings (SSSR count). The minimum atomic E-state index is 0.626. The van der Waals surface area contributed by atoms with Crippen molar-refractivity contribution in [2.24, 2.45) is 5.92 Å². The average molecular weight is 315 g/mol. The van der Waals surface area contributed by atoms with Gasteiger partial charge in [0.25, 0.3) is 0 Å². The molecule has 0 N–H and O–H groups in total. The van der Waals surface area contributed by atoms with Crippen LogP contribution in [0.2, 0.25) is 0 Å². The third kappa shape index (κ3) is 4.73. The lowest BCUT2D eigenvalue weighted by molar-refractivity contribution is 0.221. The zero-order valence-electron chi connectivity index (χ0n) is 15.1. The summed E-state index contributed by atoms with van der Waals surface area (Å²) in [6.45, 7) is 10.7. The second-order valence-electron chi connectivity index (χ2n) is 7.87. The van der Waals surface area contributed by atoms with Gasteiger partial charge in [0.05, 0.1) is 0 Å². The topological polar surface area (TPSA) is 6.48 Å². The summed E-state index contributed by atoms with van der Waals surface area (Å²) in [5.74, 6) is 1.64. The molecule has 2 fully saturated rings. The van der Waals surface area contributed by atoms with Crippen LogP contribution in [0, 0.1) is 5.92 Å². The summed E-state index contributed by atoms with van der Waals surface area (Å²) in [6, 6.07) is 9.23. The van der Waals surface area contributed by atoms with Crippen LogP contribution in [0.5, 0.6) is 0 Å². The predicted molar refractivity (Wildman–Crippen MR) is 100 cm³/mol. The minimum Gasteiger partial charge on any atom is -0.369 e. The van der Waals surface area contributed by atoms with E-state index in [-0.39, 0.29) is 0 Å². The maximum absolute atomic E-state index is 2.69. The fourth-order valence-corrected chi connectivity index (χ4v) is 4.14. The number of hydrogen-bond donors (Lipinski definition) is 0. The Morgan fingerprint density at radius 1 is 0.913 bits per heavy atom. The molecule has 1 heterocycles. The van der Waals surface area contributed by atoms with Crippen LogP contribution < -0.4 is 4.90 Å². The van der Waals surface area contributed by atoms with Gasteiger partial charge >= 0.3 is 0 Å². The van der Waals surface area contributed by atoms with E-state index in [2.05, 4.69) is 47.9 Å². The average Bonchev–Trinajstić information content (AvgIpc) is 2.61. The molecule has 0 bridgehead atoms. The van der Waals surface area contributed by atoms with Crippen molar-refractivity contribution in [3.05, 3.63) is 29.8 Å². The van der Waals surface area contributed by atoms with Crippen molar-refractivity contribution < 1.29 is 0 Å². The molecule has 1 aromatic rings. The minimum absolute atomic E-state index is 0.626. The quantitative estimate of drug-likeness (QED) is 0.762. The smallest absolute Gasteiger partial charge is 0.0367 e. The summed E-state index contributed by atoms with van der Waals surface area (Å²) < 4.78 is 0. The summed E-state index contributed by atoms with van der Waals surface area (Å²) in [5.41, 5.74) is 2.85. The highest BCUT2D eigenvalue weighted by Gasteiger charge is 2.19. The molecule has 2 heteroatoms. The molecule has 0 atom stereocenters. The maximum atomic E-state index is 2.69. The monoisotopic (exact) mass is 314 g/mol. The third-order valence-corrected chi connectivity index (χ3v) is 5.88. The van der Waals surface area contributed by atoms with Crippen LogP contribution in [0.15, 0.2) is 24.3 Å². The van der Waals surface area contributed by atoms with Gasteiger partial charge in [-0.1, -0.05) is 58.1 Å². The first-order valence-corrected chi connectivity index (χ1v) is 9.79. The molecule has 1 aliphatic heterocycles. The molecule has 0 unspecified atom stereocenters. The molecule has 0 spiro atoms.